The predicted molar refractivity (Wildman–Crippen MR) is 75.8 cm³/mol. The van der Waals surface area contributed by atoms with Gasteiger partial charge in [-0.05, 0) is 24.6 Å². The SMILES string of the molecule is Cc1cccc(C(N)Cc2nc3ccccc3o2)c1F. The Kier molecular flexibility index (Phi) is 3.24. The minimum absolute atomic E-state index is 0.254. The predicted octanol–water partition coefficient (Wildman–Crippen LogP) is 3.52. The molecule has 2 aromatic carbocycles. The number of hydrogen-bond donors (Lipinski definition) is 1. The molecule has 0 aliphatic rings. The highest BCUT2D eigenvalue weighted by atomic mass is 19.1. The second-order valence-electron chi connectivity index (χ2n) is 4.86. The highest BCUT2D eigenvalue weighted by Gasteiger charge is 2.16. The third-order valence-electron chi connectivity index (χ3n) is 3.35. The number of aromatic nitrogens is 1. The lowest BCUT2D eigenvalue weighted by molar-refractivity contribution is 0.491. The van der Waals surface area contributed by atoms with Crippen molar-refractivity contribution in [2.75, 3.05) is 0 Å². The molecule has 0 bridgehead atoms. The Bertz CT molecular complexity index is 718. The number of aryl methyl sites for hydroxylation is 1. The minimum atomic E-state index is -0.469. The van der Waals surface area contributed by atoms with Crippen molar-refractivity contribution in [3.05, 3.63) is 65.3 Å². The smallest absolute Gasteiger partial charge is 0.197 e. The molecule has 4 heteroatoms. The van der Waals surface area contributed by atoms with Crippen molar-refractivity contribution in [3.63, 3.8) is 0 Å². The third-order valence-corrected chi connectivity index (χ3v) is 3.35. The van der Waals surface area contributed by atoms with E-state index in [4.69, 9.17) is 10.2 Å². The Balaban J connectivity index is 1.88. The van der Waals surface area contributed by atoms with Gasteiger partial charge in [-0.3, -0.25) is 0 Å². The Hall–Kier alpha value is -2.20. The lowest BCUT2D eigenvalue weighted by Crippen LogP contribution is -2.15. The number of nitrogens with zero attached hydrogens (tertiary/aromatic N) is 1. The molecule has 0 spiro atoms. The molecule has 0 aliphatic carbocycles. The van der Waals surface area contributed by atoms with Crippen LogP contribution >= 0.6 is 0 Å². The molecular weight excluding hydrogens is 255 g/mol. The van der Waals surface area contributed by atoms with E-state index < -0.39 is 6.04 Å². The lowest BCUT2D eigenvalue weighted by Gasteiger charge is -2.12. The zero-order valence-electron chi connectivity index (χ0n) is 11.1. The van der Waals surface area contributed by atoms with Crippen LogP contribution in [0.1, 0.15) is 23.1 Å². The van der Waals surface area contributed by atoms with Crippen molar-refractivity contribution in [1.29, 1.82) is 0 Å². The van der Waals surface area contributed by atoms with Crippen LogP contribution in [0.4, 0.5) is 4.39 Å². The molecule has 0 radical (unpaired) electrons. The second-order valence-corrected chi connectivity index (χ2v) is 4.86. The molecule has 0 saturated heterocycles. The minimum Gasteiger partial charge on any atom is -0.441 e. The van der Waals surface area contributed by atoms with E-state index in [1.54, 1.807) is 25.1 Å². The lowest BCUT2D eigenvalue weighted by atomic mass is 10.0. The van der Waals surface area contributed by atoms with Crippen LogP contribution in [0, 0.1) is 12.7 Å². The van der Waals surface area contributed by atoms with Gasteiger partial charge in [0, 0.05) is 18.0 Å². The van der Waals surface area contributed by atoms with Gasteiger partial charge in [0.05, 0.1) is 0 Å². The van der Waals surface area contributed by atoms with Crippen LogP contribution in [0.5, 0.6) is 0 Å². The molecule has 0 saturated carbocycles. The van der Waals surface area contributed by atoms with Gasteiger partial charge in [0.2, 0.25) is 0 Å². The average molecular weight is 270 g/mol. The Labute approximate surface area is 116 Å². The maximum atomic E-state index is 14.0. The molecule has 3 nitrogen and oxygen atoms in total. The number of oxazole rings is 1. The van der Waals surface area contributed by atoms with E-state index >= 15 is 0 Å². The summed E-state index contributed by atoms with van der Waals surface area (Å²) in [6.45, 7) is 1.73. The molecule has 0 aliphatic heterocycles. The van der Waals surface area contributed by atoms with Crippen molar-refractivity contribution in [2.24, 2.45) is 5.73 Å². The van der Waals surface area contributed by atoms with Crippen molar-refractivity contribution < 1.29 is 8.81 Å². The second kappa shape index (κ2) is 5.06. The quantitative estimate of drug-likeness (QED) is 0.792. The van der Waals surface area contributed by atoms with E-state index in [0.717, 1.165) is 11.1 Å². The first-order valence-corrected chi connectivity index (χ1v) is 6.50. The molecule has 1 aromatic heterocycles. The van der Waals surface area contributed by atoms with Gasteiger partial charge in [-0.15, -0.1) is 0 Å². The van der Waals surface area contributed by atoms with Gasteiger partial charge in [-0.2, -0.15) is 0 Å². The van der Waals surface area contributed by atoms with E-state index in [9.17, 15) is 4.39 Å². The summed E-state index contributed by atoms with van der Waals surface area (Å²) in [5.74, 6) is 0.274. The fraction of sp³-hybridized carbons (Fsp3) is 0.188. The normalized spacial score (nSPS) is 12.8. The molecule has 1 unspecified atom stereocenters. The summed E-state index contributed by atoms with van der Waals surface area (Å²) in [5.41, 5.74) is 8.68. The zero-order chi connectivity index (χ0) is 14.1. The van der Waals surface area contributed by atoms with Crippen molar-refractivity contribution in [1.82, 2.24) is 4.98 Å². The number of halogens is 1. The largest absolute Gasteiger partial charge is 0.441 e. The van der Waals surface area contributed by atoms with Gasteiger partial charge in [-0.1, -0.05) is 30.3 Å². The van der Waals surface area contributed by atoms with E-state index in [1.807, 2.05) is 24.3 Å². The van der Waals surface area contributed by atoms with Gasteiger partial charge in [0.25, 0.3) is 0 Å². The molecule has 3 rings (SSSR count). The molecule has 1 heterocycles. The Morgan fingerprint density at radius 1 is 1.20 bits per heavy atom. The van der Waals surface area contributed by atoms with E-state index in [-0.39, 0.29) is 5.82 Å². The maximum absolute atomic E-state index is 14.0. The Morgan fingerprint density at radius 3 is 2.80 bits per heavy atom. The number of rotatable bonds is 3. The summed E-state index contributed by atoms with van der Waals surface area (Å²) in [6.07, 6.45) is 0.370. The first kappa shape index (κ1) is 12.8. The fourth-order valence-electron chi connectivity index (χ4n) is 2.26. The summed E-state index contributed by atoms with van der Waals surface area (Å²) in [4.78, 5) is 4.36. The van der Waals surface area contributed by atoms with Gasteiger partial charge < -0.3 is 10.2 Å². The average Bonchev–Trinajstić information content (AvgIpc) is 2.83. The number of benzene rings is 2. The molecule has 3 aromatic rings. The molecule has 102 valence electrons. The van der Waals surface area contributed by atoms with E-state index in [1.165, 1.54) is 0 Å². The maximum Gasteiger partial charge on any atom is 0.197 e. The fourth-order valence-corrected chi connectivity index (χ4v) is 2.26. The van der Waals surface area contributed by atoms with Gasteiger partial charge >= 0.3 is 0 Å². The molecule has 1 atom stereocenters. The van der Waals surface area contributed by atoms with E-state index in [0.29, 0.717) is 23.4 Å². The standard InChI is InChI=1S/C16H15FN2O/c1-10-5-4-6-11(16(10)17)12(18)9-15-19-13-7-2-3-8-14(13)20-15/h2-8,12H,9,18H2,1H3. The summed E-state index contributed by atoms with van der Waals surface area (Å²) >= 11 is 0. The van der Waals surface area contributed by atoms with Crippen LogP contribution < -0.4 is 5.73 Å². The summed E-state index contributed by atoms with van der Waals surface area (Å²) in [6, 6.07) is 12.3. The topological polar surface area (TPSA) is 52.0 Å². The molecular formula is C16H15FN2O. The molecule has 0 amide bonds. The number of fused-ring (bicyclic) bond motifs is 1. The first-order valence-electron chi connectivity index (χ1n) is 6.50. The van der Waals surface area contributed by atoms with Crippen LogP contribution in [-0.4, -0.2) is 4.98 Å². The van der Waals surface area contributed by atoms with E-state index in [2.05, 4.69) is 4.98 Å². The van der Waals surface area contributed by atoms with Crippen LogP contribution in [0.15, 0.2) is 46.9 Å². The first-order chi connectivity index (χ1) is 9.65. The summed E-state index contributed by atoms with van der Waals surface area (Å²) in [7, 11) is 0. The number of nitrogens with two attached hydrogens (primary N) is 1. The highest BCUT2D eigenvalue weighted by molar-refractivity contribution is 5.72. The molecule has 2 N–H and O–H groups in total. The van der Waals surface area contributed by atoms with Crippen LogP contribution in [-0.2, 0) is 6.42 Å². The van der Waals surface area contributed by atoms with Gasteiger partial charge in [0.15, 0.2) is 11.5 Å². The Morgan fingerprint density at radius 2 is 2.00 bits per heavy atom. The monoisotopic (exact) mass is 270 g/mol. The summed E-state index contributed by atoms with van der Waals surface area (Å²) in [5, 5.41) is 0. The van der Waals surface area contributed by atoms with Crippen LogP contribution in [0.2, 0.25) is 0 Å². The van der Waals surface area contributed by atoms with Crippen molar-refractivity contribution in [3.8, 4) is 0 Å². The third kappa shape index (κ3) is 2.30. The zero-order valence-corrected chi connectivity index (χ0v) is 11.1. The van der Waals surface area contributed by atoms with Gasteiger partial charge in [-0.25, -0.2) is 9.37 Å². The van der Waals surface area contributed by atoms with Crippen molar-refractivity contribution >= 4 is 11.1 Å². The highest BCUT2D eigenvalue weighted by Crippen LogP contribution is 2.23. The van der Waals surface area contributed by atoms with Gasteiger partial charge in [0.1, 0.15) is 11.3 Å². The van der Waals surface area contributed by atoms with Crippen LogP contribution in [0.25, 0.3) is 11.1 Å². The molecule has 0 fully saturated rings. The number of para-hydroxylation sites is 2. The number of hydrogen-bond acceptors (Lipinski definition) is 3. The van der Waals surface area contributed by atoms with Crippen LogP contribution in [0.3, 0.4) is 0 Å². The molecule has 20 heavy (non-hydrogen) atoms. The summed E-state index contributed by atoms with van der Waals surface area (Å²) < 4.78 is 19.6. The van der Waals surface area contributed by atoms with Crippen molar-refractivity contribution in [2.45, 2.75) is 19.4 Å².